The lowest BCUT2D eigenvalue weighted by molar-refractivity contribution is -0.385. The van der Waals surface area contributed by atoms with Crippen molar-refractivity contribution < 1.29 is 28.8 Å². The van der Waals surface area contributed by atoms with Crippen molar-refractivity contribution in [2.24, 2.45) is 0 Å². The fourth-order valence-electron chi connectivity index (χ4n) is 2.55. The molecule has 9 nitrogen and oxygen atoms in total. The molecule has 1 amide bonds. The summed E-state index contributed by atoms with van der Waals surface area (Å²) in [5, 5.41) is 13.6. The summed E-state index contributed by atoms with van der Waals surface area (Å²) in [6.07, 6.45) is 1.54. The molecule has 1 N–H and O–H groups in total. The second-order valence-electron chi connectivity index (χ2n) is 6.38. The molecule has 0 aliphatic heterocycles. The van der Waals surface area contributed by atoms with Gasteiger partial charge < -0.3 is 14.8 Å². The van der Waals surface area contributed by atoms with E-state index in [1.807, 2.05) is 0 Å². The van der Waals surface area contributed by atoms with E-state index in [1.165, 1.54) is 25.1 Å². The van der Waals surface area contributed by atoms with Gasteiger partial charge in [-0.05, 0) is 24.5 Å². The largest absolute Gasteiger partial charge is 0.475 e. The Bertz CT molecular complexity index is 910. The Balaban J connectivity index is 1.76. The number of ether oxygens (including phenoxy) is 2. The Kier molecular flexibility index (Phi) is 8.49. The van der Waals surface area contributed by atoms with Gasteiger partial charge in [-0.25, -0.2) is 4.79 Å². The highest BCUT2D eigenvalue weighted by Crippen LogP contribution is 2.25. The van der Waals surface area contributed by atoms with Crippen molar-refractivity contribution in [3.8, 4) is 5.75 Å². The maximum Gasteiger partial charge on any atom is 0.344 e. The number of hydrogen-bond donors (Lipinski definition) is 1. The number of amides is 1. The van der Waals surface area contributed by atoms with E-state index in [1.54, 1.807) is 30.3 Å². The molecule has 2 aromatic carbocycles. The van der Waals surface area contributed by atoms with Crippen LogP contribution >= 0.6 is 0 Å². The summed E-state index contributed by atoms with van der Waals surface area (Å²) in [7, 11) is 0. The van der Waals surface area contributed by atoms with Crippen molar-refractivity contribution >= 4 is 23.3 Å². The number of ketones is 1. The number of nitrogens with zero attached hydrogens (tertiary/aromatic N) is 1. The van der Waals surface area contributed by atoms with Gasteiger partial charge in [0, 0.05) is 25.1 Å². The number of benzene rings is 2. The number of nitro benzene ring substituents is 1. The van der Waals surface area contributed by atoms with Crippen molar-refractivity contribution in [1.29, 1.82) is 0 Å². The number of carbonyl (C=O) groups excluding carboxylic acids is 3. The molecule has 0 aliphatic rings. The van der Waals surface area contributed by atoms with Gasteiger partial charge in [-0.1, -0.05) is 36.4 Å². The van der Waals surface area contributed by atoms with Crippen LogP contribution in [0.1, 0.15) is 29.3 Å². The molecule has 0 spiro atoms. The SMILES string of the molecule is CC(=O)NCCCc1ccc(C(=O)COC(=O)COc2ccccc2[N+](=O)[O-])cc1. The Hall–Kier alpha value is -3.75. The summed E-state index contributed by atoms with van der Waals surface area (Å²) in [4.78, 5) is 45.1. The monoisotopic (exact) mass is 414 g/mol. The van der Waals surface area contributed by atoms with E-state index >= 15 is 0 Å². The summed E-state index contributed by atoms with van der Waals surface area (Å²) in [5.41, 5.74) is 1.15. The zero-order valence-electron chi connectivity index (χ0n) is 16.5. The molecule has 0 radical (unpaired) electrons. The van der Waals surface area contributed by atoms with Crippen LogP contribution in [0.25, 0.3) is 0 Å². The summed E-state index contributed by atoms with van der Waals surface area (Å²) in [6.45, 7) is 1.04. The van der Waals surface area contributed by atoms with Crippen molar-refractivity contribution in [3.63, 3.8) is 0 Å². The van der Waals surface area contributed by atoms with Crippen LogP contribution in [0.2, 0.25) is 0 Å². The number of aryl methyl sites for hydroxylation is 1. The molecule has 0 fully saturated rings. The van der Waals surface area contributed by atoms with Gasteiger partial charge in [-0.15, -0.1) is 0 Å². The second kappa shape index (κ2) is 11.3. The number of rotatable bonds is 11. The molecule has 0 aromatic heterocycles. The Labute approximate surface area is 173 Å². The van der Waals surface area contributed by atoms with E-state index in [4.69, 9.17) is 9.47 Å². The normalized spacial score (nSPS) is 10.2. The minimum atomic E-state index is -0.809. The molecule has 0 bridgehead atoms. The molecule has 30 heavy (non-hydrogen) atoms. The first kappa shape index (κ1) is 22.5. The van der Waals surface area contributed by atoms with Gasteiger partial charge in [-0.3, -0.25) is 19.7 Å². The molecule has 0 saturated heterocycles. The zero-order chi connectivity index (χ0) is 21.9. The van der Waals surface area contributed by atoms with Crippen LogP contribution in [-0.4, -0.2) is 42.3 Å². The van der Waals surface area contributed by atoms with E-state index in [0.29, 0.717) is 12.1 Å². The number of esters is 1. The van der Waals surface area contributed by atoms with E-state index in [-0.39, 0.29) is 23.1 Å². The first-order valence-corrected chi connectivity index (χ1v) is 9.25. The van der Waals surface area contributed by atoms with Crippen LogP contribution in [0.5, 0.6) is 5.75 Å². The first-order valence-electron chi connectivity index (χ1n) is 9.25. The number of carbonyl (C=O) groups is 3. The number of nitro groups is 1. The van der Waals surface area contributed by atoms with Crippen LogP contribution < -0.4 is 10.1 Å². The van der Waals surface area contributed by atoms with Crippen molar-refractivity contribution in [1.82, 2.24) is 5.32 Å². The van der Waals surface area contributed by atoms with Crippen LogP contribution in [0.15, 0.2) is 48.5 Å². The average Bonchev–Trinajstić information content (AvgIpc) is 2.74. The standard InChI is InChI=1S/C21H22N2O7/c1-15(24)22-12-4-5-16-8-10-17(11-9-16)19(25)13-30-21(26)14-29-20-7-3-2-6-18(20)23(27)28/h2-3,6-11H,4-5,12-14H2,1H3,(H,22,24). The van der Waals surface area contributed by atoms with Crippen LogP contribution in [-0.2, 0) is 20.7 Å². The van der Waals surface area contributed by atoms with E-state index in [2.05, 4.69) is 5.32 Å². The Morgan fingerprint density at radius 2 is 1.73 bits per heavy atom. The van der Waals surface area contributed by atoms with Crippen molar-refractivity contribution in [2.75, 3.05) is 19.8 Å². The second-order valence-corrected chi connectivity index (χ2v) is 6.38. The quantitative estimate of drug-likeness (QED) is 0.197. The van der Waals surface area contributed by atoms with Gasteiger partial charge in [0.05, 0.1) is 4.92 Å². The van der Waals surface area contributed by atoms with E-state index in [9.17, 15) is 24.5 Å². The number of nitrogens with one attached hydrogen (secondary N) is 1. The summed E-state index contributed by atoms with van der Waals surface area (Å²) in [6, 6.07) is 12.6. The summed E-state index contributed by atoms with van der Waals surface area (Å²) in [5.74, 6) is -1.31. The molecule has 0 atom stereocenters. The predicted octanol–water partition coefficient (Wildman–Crippen LogP) is 2.47. The van der Waals surface area contributed by atoms with Crippen LogP contribution in [0.4, 0.5) is 5.69 Å². The van der Waals surface area contributed by atoms with Gasteiger partial charge in [0.1, 0.15) is 0 Å². The molecule has 158 valence electrons. The number of hydrogen-bond acceptors (Lipinski definition) is 7. The lowest BCUT2D eigenvalue weighted by Gasteiger charge is -2.08. The zero-order valence-corrected chi connectivity index (χ0v) is 16.5. The Morgan fingerprint density at radius 1 is 1.03 bits per heavy atom. The maximum absolute atomic E-state index is 12.2. The molecule has 9 heteroatoms. The van der Waals surface area contributed by atoms with Gasteiger partial charge in [0.25, 0.3) is 0 Å². The number of para-hydroxylation sites is 2. The minimum Gasteiger partial charge on any atom is -0.475 e. The molecular formula is C21H22N2O7. The van der Waals surface area contributed by atoms with Gasteiger partial charge in [0.15, 0.2) is 24.7 Å². The third-order valence-corrected chi connectivity index (χ3v) is 4.06. The molecule has 0 heterocycles. The van der Waals surface area contributed by atoms with E-state index in [0.717, 1.165) is 18.4 Å². The fraction of sp³-hybridized carbons (Fsp3) is 0.286. The highest BCUT2D eigenvalue weighted by Gasteiger charge is 2.16. The van der Waals surface area contributed by atoms with Gasteiger partial charge >= 0.3 is 11.7 Å². The summed E-state index contributed by atoms with van der Waals surface area (Å²) < 4.78 is 10.0. The fourth-order valence-corrected chi connectivity index (χ4v) is 2.55. The molecule has 2 aromatic rings. The van der Waals surface area contributed by atoms with E-state index < -0.39 is 24.1 Å². The number of Topliss-reactive ketones (excluding diaryl/α,β-unsaturated/α-hetero) is 1. The third-order valence-electron chi connectivity index (χ3n) is 4.06. The summed E-state index contributed by atoms with van der Waals surface area (Å²) >= 11 is 0. The topological polar surface area (TPSA) is 125 Å². The van der Waals surface area contributed by atoms with Gasteiger partial charge in [-0.2, -0.15) is 0 Å². The van der Waals surface area contributed by atoms with Crippen molar-refractivity contribution in [2.45, 2.75) is 19.8 Å². The van der Waals surface area contributed by atoms with Crippen LogP contribution in [0, 0.1) is 10.1 Å². The van der Waals surface area contributed by atoms with Crippen molar-refractivity contribution in [3.05, 3.63) is 69.8 Å². The minimum absolute atomic E-state index is 0.0557. The lowest BCUT2D eigenvalue weighted by atomic mass is 10.1. The molecule has 0 saturated carbocycles. The maximum atomic E-state index is 12.2. The third kappa shape index (κ3) is 7.34. The average molecular weight is 414 g/mol. The van der Waals surface area contributed by atoms with Crippen LogP contribution in [0.3, 0.4) is 0 Å². The molecule has 0 aliphatic carbocycles. The molecule has 0 unspecified atom stereocenters. The lowest BCUT2D eigenvalue weighted by Crippen LogP contribution is -2.21. The highest BCUT2D eigenvalue weighted by atomic mass is 16.6. The van der Waals surface area contributed by atoms with Gasteiger partial charge in [0.2, 0.25) is 5.91 Å². The Morgan fingerprint density at radius 3 is 2.40 bits per heavy atom. The first-order chi connectivity index (χ1) is 14.4. The molecule has 2 rings (SSSR count). The smallest absolute Gasteiger partial charge is 0.344 e. The molecular weight excluding hydrogens is 392 g/mol. The predicted molar refractivity (Wildman–Crippen MR) is 107 cm³/mol. The highest BCUT2D eigenvalue weighted by molar-refractivity contribution is 5.98.